The van der Waals surface area contributed by atoms with Crippen LogP contribution in [0.1, 0.15) is 221 Å². The van der Waals surface area contributed by atoms with Gasteiger partial charge < -0.3 is 38.9 Å². The molecule has 0 radical (unpaired) electrons. The fourth-order valence-corrected chi connectivity index (χ4v) is 13.4. The molecule has 7 atom stereocenters. The third kappa shape index (κ3) is 22.4. The SMILES string of the molecule is C#Cc1c(F)ccc2cc(O)cc(-c3ncc4c(N5CCCC(C)C5)nc(OC)nc4c3F)c12.CC=O.CC=O.CCCC(C)C(=O)CC.CCCC(CCC(C)CC)CN1CCC(c2ccc(N(C)C(C)=O)c(C(C)CC)c2)CC1.COCC1CCC2CCCN21. The van der Waals surface area contributed by atoms with Gasteiger partial charge in [0.25, 0.3) is 0 Å². The Bertz CT molecular complexity index is 3120. The Kier molecular flexibility index (Phi) is 34.5. The first-order valence-corrected chi connectivity index (χ1v) is 34.4. The van der Waals surface area contributed by atoms with Crippen LogP contribution in [0.3, 0.4) is 0 Å². The molecule has 2 aromatic heterocycles. The minimum atomic E-state index is -0.733. The zero-order valence-electron chi connectivity index (χ0n) is 58.7. The van der Waals surface area contributed by atoms with E-state index in [0.29, 0.717) is 52.5 Å². The van der Waals surface area contributed by atoms with Crippen molar-refractivity contribution in [3.8, 4) is 35.4 Å². The van der Waals surface area contributed by atoms with E-state index in [1.807, 2.05) is 28.0 Å². The van der Waals surface area contributed by atoms with Gasteiger partial charge in [-0.05, 0) is 181 Å². The molecule has 4 aliphatic rings. The van der Waals surface area contributed by atoms with Crippen LogP contribution >= 0.6 is 0 Å². The third-order valence-corrected chi connectivity index (χ3v) is 19.0. The number of likely N-dealkylation sites (tertiary alicyclic amines) is 1. The van der Waals surface area contributed by atoms with Gasteiger partial charge in [-0.1, -0.05) is 112 Å². The zero-order chi connectivity index (χ0) is 68.0. The number of methoxy groups -OCH3 is 2. The van der Waals surface area contributed by atoms with Crippen molar-refractivity contribution in [1.82, 2.24) is 24.8 Å². The van der Waals surface area contributed by atoms with E-state index in [0.717, 1.165) is 94.0 Å². The van der Waals surface area contributed by atoms with Gasteiger partial charge in [-0.2, -0.15) is 9.97 Å². The Labute approximate surface area is 551 Å². The van der Waals surface area contributed by atoms with E-state index in [1.165, 1.54) is 159 Å². The molecule has 4 fully saturated rings. The van der Waals surface area contributed by atoms with Crippen LogP contribution in [0.25, 0.3) is 32.9 Å². The summed E-state index contributed by atoms with van der Waals surface area (Å²) in [6.45, 7) is 31.9. The van der Waals surface area contributed by atoms with E-state index >= 15 is 4.39 Å². The maximum absolute atomic E-state index is 16.0. The van der Waals surface area contributed by atoms with Crippen molar-refractivity contribution in [2.45, 2.75) is 216 Å². The fourth-order valence-electron chi connectivity index (χ4n) is 13.4. The van der Waals surface area contributed by atoms with Crippen molar-refractivity contribution in [1.29, 1.82) is 0 Å². The number of Topliss-reactive ketones (excluding diaryl/α,β-unsaturated/α-hetero) is 1. The molecule has 0 aliphatic carbocycles. The summed E-state index contributed by atoms with van der Waals surface area (Å²) in [7, 11) is 5.13. The largest absolute Gasteiger partial charge is 0.508 e. The van der Waals surface area contributed by atoms with E-state index in [1.54, 1.807) is 11.8 Å². The number of ether oxygens (including phenoxy) is 2. The molecule has 1 amide bonds. The first-order valence-electron chi connectivity index (χ1n) is 34.4. The van der Waals surface area contributed by atoms with Crippen LogP contribution in [-0.2, 0) is 23.9 Å². The summed E-state index contributed by atoms with van der Waals surface area (Å²) in [5.74, 6) is 5.53. The fraction of sp³-hybridized carbons (Fsp3) is 0.618. The number of hydrogen-bond donors (Lipinski definition) is 1. The van der Waals surface area contributed by atoms with Gasteiger partial charge in [0.05, 0.1) is 24.7 Å². The molecule has 508 valence electrons. The van der Waals surface area contributed by atoms with E-state index in [9.17, 15) is 19.1 Å². The van der Waals surface area contributed by atoms with Gasteiger partial charge in [-0.25, -0.2) is 8.78 Å². The van der Waals surface area contributed by atoms with Gasteiger partial charge in [-0.15, -0.1) is 6.42 Å². The number of piperidine rings is 2. The lowest BCUT2D eigenvalue weighted by Gasteiger charge is -2.35. The zero-order valence-corrected chi connectivity index (χ0v) is 58.7. The van der Waals surface area contributed by atoms with Crippen LogP contribution < -0.4 is 14.5 Å². The number of rotatable bonds is 21. The lowest BCUT2D eigenvalue weighted by atomic mass is 9.85. The molecule has 3 aromatic carbocycles. The lowest BCUT2D eigenvalue weighted by molar-refractivity contribution is -0.122. The summed E-state index contributed by atoms with van der Waals surface area (Å²) in [6, 6.07) is 14.0. The molecule has 0 bridgehead atoms. The number of anilines is 2. The second-order valence-corrected chi connectivity index (χ2v) is 25.8. The smallest absolute Gasteiger partial charge is 0.318 e. The molecular weight excluding hydrogens is 1160 g/mol. The first-order chi connectivity index (χ1) is 44.2. The normalized spacial score (nSPS) is 18.4. The number of phenolic OH excluding ortho intramolecular Hbond substituents is 1. The molecule has 14 nitrogen and oxygen atoms in total. The highest BCUT2D eigenvalue weighted by Gasteiger charge is 2.36. The van der Waals surface area contributed by atoms with Crippen molar-refractivity contribution in [3.05, 3.63) is 77.0 Å². The number of halogens is 2. The number of nitrogens with zero attached hydrogens (tertiary/aromatic N) is 7. The molecule has 9 rings (SSSR count). The van der Waals surface area contributed by atoms with Crippen molar-refractivity contribution in [2.24, 2.45) is 23.7 Å². The standard InChI is InChI=1S/C29H50N2O.C26H22F2N4O2.C9H17NO.C8H16O.2C2H4O/c1-8-11-25(13-12-22(4)9-2)21-31-18-16-26(17-19-31)27-14-15-29(30(7)24(6)32)28(20-27)23(5)10-3;1-4-17-20(27)8-7-15-10-16(33)11-18(21(15)17)23-22(28)24-19(12-29-23)25(31-26(30-24)34-3)32-9-5-6-14(2)13-32;1-11-7-9-5-4-8-3-2-6-10(8)9;1-4-6-7(3)8(9)5-2;2*1-2-3/h14-15,20,22-23,25-26H,8-13,16-19,21H2,1-7H3;1,7-8,10-12,14,33H,5-6,9,13H2,2-3H3;8-9H,2-7H2,1H3;7H,4-6H2,1-3H3;2*2H,1H3. The highest BCUT2D eigenvalue weighted by molar-refractivity contribution is 6.03. The third-order valence-electron chi connectivity index (χ3n) is 19.0. The number of terminal acetylenes is 1. The van der Waals surface area contributed by atoms with Crippen LogP contribution in [0.4, 0.5) is 20.3 Å². The van der Waals surface area contributed by atoms with Gasteiger partial charge in [0.15, 0.2) is 5.82 Å². The highest BCUT2D eigenvalue weighted by atomic mass is 19.1. The Morgan fingerprint density at radius 1 is 0.848 bits per heavy atom. The maximum Gasteiger partial charge on any atom is 0.318 e. The van der Waals surface area contributed by atoms with Crippen LogP contribution in [0, 0.1) is 47.6 Å². The molecule has 92 heavy (non-hydrogen) atoms. The Morgan fingerprint density at radius 2 is 1.53 bits per heavy atom. The Balaban J connectivity index is 0.000000284. The number of fused-ring (bicyclic) bond motifs is 3. The van der Waals surface area contributed by atoms with Crippen LogP contribution in [0.2, 0.25) is 0 Å². The number of aromatic nitrogens is 3. The van der Waals surface area contributed by atoms with Crippen LogP contribution in [0.5, 0.6) is 11.8 Å². The topological polar surface area (TPSA) is 159 Å². The Hall–Kier alpha value is -6.41. The minimum absolute atomic E-state index is 0.0280. The molecule has 1 N–H and O–H groups in total. The summed E-state index contributed by atoms with van der Waals surface area (Å²) < 4.78 is 41.0. The van der Waals surface area contributed by atoms with Gasteiger partial charge in [0.1, 0.15) is 47.0 Å². The number of hydrogen-bond acceptors (Lipinski definition) is 13. The maximum atomic E-state index is 16.0. The molecule has 6 heterocycles. The molecule has 16 heteroatoms. The summed E-state index contributed by atoms with van der Waals surface area (Å²) in [6.07, 6.45) is 29.5. The number of phenols is 1. The number of carbonyl (C=O) groups is 4. The number of carbonyl (C=O) groups excluding carboxylic acids is 4. The minimum Gasteiger partial charge on any atom is -0.508 e. The number of pyridine rings is 1. The molecule has 4 aliphatic heterocycles. The van der Waals surface area contributed by atoms with Gasteiger partial charge in [0.2, 0.25) is 5.91 Å². The average molecular weight is 1270 g/mol. The Morgan fingerprint density at radius 3 is 2.13 bits per heavy atom. The predicted molar refractivity (Wildman–Crippen MR) is 374 cm³/mol. The van der Waals surface area contributed by atoms with Crippen molar-refractivity contribution in [2.75, 3.05) is 76.9 Å². The van der Waals surface area contributed by atoms with Gasteiger partial charge in [0, 0.05) is 88.0 Å². The number of aldehydes is 2. The number of aromatic hydroxyl groups is 1. The molecule has 4 saturated heterocycles. The van der Waals surface area contributed by atoms with E-state index in [4.69, 9.17) is 25.5 Å². The van der Waals surface area contributed by atoms with Crippen molar-refractivity contribution in [3.63, 3.8) is 0 Å². The molecule has 7 unspecified atom stereocenters. The van der Waals surface area contributed by atoms with Crippen molar-refractivity contribution < 1.29 is 42.5 Å². The van der Waals surface area contributed by atoms with Gasteiger partial charge >= 0.3 is 6.01 Å². The summed E-state index contributed by atoms with van der Waals surface area (Å²) in [4.78, 5) is 62.9. The number of ketones is 1. The van der Waals surface area contributed by atoms with Gasteiger partial charge in [-0.3, -0.25) is 19.5 Å². The monoisotopic (exact) mass is 1270 g/mol. The summed E-state index contributed by atoms with van der Waals surface area (Å²) in [5.41, 5.74) is 3.96. The first kappa shape index (κ1) is 78.0. The van der Waals surface area contributed by atoms with E-state index in [-0.39, 0.29) is 45.4 Å². The van der Waals surface area contributed by atoms with Crippen molar-refractivity contribution >= 4 is 57.4 Å². The summed E-state index contributed by atoms with van der Waals surface area (Å²) >= 11 is 0. The molecule has 0 saturated carbocycles. The van der Waals surface area contributed by atoms with Crippen LogP contribution in [0.15, 0.2) is 48.7 Å². The molecule has 0 spiro atoms. The highest BCUT2D eigenvalue weighted by Crippen LogP contribution is 2.41. The second kappa shape index (κ2) is 40.6. The van der Waals surface area contributed by atoms with Crippen LogP contribution in [-0.4, -0.2) is 133 Å². The van der Waals surface area contributed by atoms with E-state index in [2.05, 4.69) is 102 Å². The summed E-state index contributed by atoms with van der Waals surface area (Å²) in [5, 5.41) is 11.5. The predicted octanol–water partition coefficient (Wildman–Crippen LogP) is 16.7. The quantitative estimate of drug-likeness (QED) is 0.0547. The molecular formula is C76H113F2N7O7. The lowest BCUT2D eigenvalue weighted by Crippen LogP contribution is -2.36. The average Bonchev–Trinajstić information content (AvgIpc) is 0.939. The second-order valence-electron chi connectivity index (χ2n) is 25.8. The van der Waals surface area contributed by atoms with E-state index < -0.39 is 11.6 Å². The molecule has 5 aromatic rings. The number of benzene rings is 3. The number of amides is 1.